The van der Waals surface area contributed by atoms with E-state index >= 15 is 0 Å². The van der Waals surface area contributed by atoms with Crippen molar-refractivity contribution < 1.29 is 4.79 Å². The average molecular weight is 259 g/mol. The van der Waals surface area contributed by atoms with Crippen molar-refractivity contribution in [1.82, 2.24) is 10.6 Å². The number of amides is 1. The van der Waals surface area contributed by atoms with Crippen LogP contribution in [0.15, 0.2) is 0 Å². The SMILES string of the molecule is NC(=O)CCCC[C@@H]1SC[C@@H]2NC(=S)N[C@@H]21. The first-order valence-electron chi connectivity index (χ1n) is 5.64. The van der Waals surface area contributed by atoms with Gasteiger partial charge in [0.1, 0.15) is 0 Å². The fraction of sp³-hybridized carbons (Fsp3) is 0.800. The number of primary amides is 1. The molecule has 0 radical (unpaired) electrons. The highest BCUT2D eigenvalue weighted by atomic mass is 32.2. The zero-order valence-electron chi connectivity index (χ0n) is 9.07. The zero-order chi connectivity index (χ0) is 11.5. The molecule has 1 amide bonds. The second-order valence-electron chi connectivity index (χ2n) is 4.33. The molecule has 0 bridgehead atoms. The third-order valence-corrected chi connectivity index (χ3v) is 4.84. The highest BCUT2D eigenvalue weighted by Crippen LogP contribution is 2.33. The normalized spacial score (nSPS) is 32.0. The molecule has 0 aliphatic carbocycles. The number of thioether (sulfide) groups is 1. The Morgan fingerprint density at radius 3 is 3.06 bits per heavy atom. The van der Waals surface area contributed by atoms with E-state index in [-0.39, 0.29) is 5.91 Å². The lowest BCUT2D eigenvalue weighted by molar-refractivity contribution is -0.118. The van der Waals surface area contributed by atoms with Crippen LogP contribution >= 0.6 is 24.0 Å². The van der Waals surface area contributed by atoms with Crippen LogP contribution in [-0.2, 0) is 4.79 Å². The molecule has 2 saturated heterocycles. The summed E-state index contributed by atoms with van der Waals surface area (Å²) in [6, 6.07) is 0.977. The highest BCUT2D eigenvalue weighted by molar-refractivity contribution is 8.00. The molecule has 4 nitrogen and oxygen atoms in total. The van der Waals surface area contributed by atoms with Gasteiger partial charge in [0.15, 0.2) is 5.11 Å². The third kappa shape index (κ3) is 2.79. The number of nitrogens with one attached hydrogen (secondary N) is 2. The van der Waals surface area contributed by atoms with E-state index in [1.807, 2.05) is 11.8 Å². The predicted octanol–water partition coefficient (Wildman–Crippen LogP) is 0.362. The summed E-state index contributed by atoms with van der Waals surface area (Å²) in [7, 11) is 0. The molecule has 16 heavy (non-hydrogen) atoms. The second-order valence-corrected chi connectivity index (χ2v) is 6.01. The Hall–Kier alpha value is -0.490. The Morgan fingerprint density at radius 2 is 2.31 bits per heavy atom. The summed E-state index contributed by atoms with van der Waals surface area (Å²) in [5.74, 6) is 0.928. The summed E-state index contributed by atoms with van der Waals surface area (Å²) < 4.78 is 0. The molecule has 0 saturated carbocycles. The maximum atomic E-state index is 10.6. The molecule has 2 fully saturated rings. The Kier molecular flexibility index (Phi) is 3.91. The minimum absolute atomic E-state index is 0.196. The van der Waals surface area contributed by atoms with Gasteiger partial charge in [0.2, 0.25) is 5.91 Å². The smallest absolute Gasteiger partial charge is 0.217 e. The van der Waals surface area contributed by atoms with Crippen LogP contribution < -0.4 is 16.4 Å². The summed E-state index contributed by atoms with van der Waals surface area (Å²) >= 11 is 7.10. The predicted molar refractivity (Wildman–Crippen MR) is 70.4 cm³/mol. The standard InChI is InChI=1S/C10H17N3OS2/c11-8(14)4-2-1-3-7-9-6(5-16-7)12-10(15)13-9/h6-7,9H,1-5H2,(H2,11,14)(H2,12,13,15)/t6-,7-,9-/m0/s1. The quantitative estimate of drug-likeness (QED) is 0.491. The van der Waals surface area contributed by atoms with Crippen LogP contribution in [0.2, 0.25) is 0 Å². The molecule has 4 N–H and O–H groups in total. The molecule has 2 heterocycles. The van der Waals surface area contributed by atoms with E-state index in [1.165, 1.54) is 0 Å². The van der Waals surface area contributed by atoms with Gasteiger partial charge in [0.05, 0.1) is 12.1 Å². The molecule has 2 aliphatic rings. The highest BCUT2D eigenvalue weighted by Gasteiger charge is 2.41. The second kappa shape index (κ2) is 5.23. The van der Waals surface area contributed by atoms with Crippen LogP contribution in [0.1, 0.15) is 25.7 Å². The molecule has 2 rings (SSSR count). The number of nitrogens with two attached hydrogens (primary N) is 1. The number of carbonyl (C=O) groups is 1. The van der Waals surface area contributed by atoms with E-state index < -0.39 is 0 Å². The molecule has 0 aromatic heterocycles. The molecule has 0 spiro atoms. The lowest BCUT2D eigenvalue weighted by atomic mass is 10.0. The van der Waals surface area contributed by atoms with Crippen molar-refractivity contribution in [1.29, 1.82) is 0 Å². The summed E-state index contributed by atoms with van der Waals surface area (Å²) in [6.07, 6.45) is 3.62. The summed E-state index contributed by atoms with van der Waals surface area (Å²) in [6.45, 7) is 0. The molecule has 2 aliphatic heterocycles. The van der Waals surface area contributed by atoms with Crippen LogP contribution in [0.4, 0.5) is 0 Å². The number of carbonyl (C=O) groups excluding carboxylic acids is 1. The average Bonchev–Trinajstić information content (AvgIpc) is 2.72. The number of hydrogen-bond donors (Lipinski definition) is 3. The van der Waals surface area contributed by atoms with Crippen molar-refractivity contribution in [2.75, 3.05) is 5.75 Å². The van der Waals surface area contributed by atoms with Gasteiger partial charge in [0.25, 0.3) is 0 Å². The van der Waals surface area contributed by atoms with Gasteiger partial charge in [-0.2, -0.15) is 11.8 Å². The fourth-order valence-corrected chi connectivity index (χ4v) is 4.12. The first-order chi connectivity index (χ1) is 7.66. The maximum Gasteiger partial charge on any atom is 0.217 e. The van der Waals surface area contributed by atoms with Crippen LogP contribution in [0.3, 0.4) is 0 Å². The van der Waals surface area contributed by atoms with E-state index in [2.05, 4.69) is 10.6 Å². The van der Waals surface area contributed by atoms with Crippen LogP contribution in [0, 0.1) is 0 Å². The molecule has 6 heteroatoms. The van der Waals surface area contributed by atoms with Gasteiger partial charge < -0.3 is 16.4 Å². The molecular formula is C10H17N3OS2. The van der Waals surface area contributed by atoms with Crippen LogP contribution in [0.25, 0.3) is 0 Å². The van der Waals surface area contributed by atoms with Gasteiger partial charge in [-0.05, 0) is 25.1 Å². The van der Waals surface area contributed by atoms with Gasteiger partial charge in [-0.15, -0.1) is 0 Å². The number of thiocarbonyl (C=S) groups is 1. The van der Waals surface area contributed by atoms with E-state index in [1.54, 1.807) is 0 Å². The lowest BCUT2D eigenvalue weighted by Gasteiger charge is -2.16. The number of rotatable bonds is 5. The molecule has 0 unspecified atom stereocenters. The van der Waals surface area contributed by atoms with Crippen molar-refractivity contribution in [2.24, 2.45) is 5.73 Å². The Morgan fingerprint density at radius 1 is 1.50 bits per heavy atom. The van der Waals surface area contributed by atoms with Gasteiger partial charge in [-0.25, -0.2) is 0 Å². The summed E-state index contributed by atoms with van der Waals surface area (Å²) in [5, 5.41) is 8.01. The third-order valence-electron chi connectivity index (χ3n) is 3.10. The van der Waals surface area contributed by atoms with Crippen LogP contribution in [-0.4, -0.2) is 34.1 Å². The topological polar surface area (TPSA) is 67.2 Å². The Balaban J connectivity index is 1.70. The Labute approximate surface area is 105 Å². The van der Waals surface area contributed by atoms with E-state index in [0.29, 0.717) is 23.8 Å². The van der Waals surface area contributed by atoms with Crippen LogP contribution in [0.5, 0.6) is 0 Å². The number of hydrogen-bond acceptors (Lipinski definition) is 3. The molecule has 0 aromatic carbocycles. The largest absolute Gasteiger partial charge is 0.370 e. The van der Waals surface area contributed by atoms with Gasteiger partial charge in [-0.1, -0.05) is 6.42 Å². The summed E-state index contributed by atoms with van der Waals surface area (Å²) in [5.41, 5.74) is 5.11. The van der Waals surface area contributed by atoms with E-state index in [0.717, 1.165) is 30.1 Å². The maximum absolute atomic E-state index is 10.6. The van der Waals surface area contributed by atoms with Crippen molar-refractivity contribution in [3.63, 3.8) is 0 Å². The van der Waals surface area contributed by atoms with Crippen molar-refractivity contribution >= 4 is 35.0 Å². The first kappa shape index (κ1) is 12.0. The van der Waals surface area contributed by atoms with E-state index in [4.69, 9.17) is 18.0 Å². The fourth-order valence-electron chi connectivity index (χ4n) is 2.29. The lowest BCUT2D eigenvalue weighted by Crippen LogP contribution is -2.36. The molecule has 3 atom stereocenters. The number of unbranched alkanes of at least 4 members (excludes halogenated alkanes) is 1. The van der Waals surface area contributed by atoms with Crippen molar-refractivity contribution in [3.05, 3.63) is 0 Å². The number of fused-ring (bicyclic) bond motifs is 1. The zero-order valence-corrected chi connectivity index (χ0v) is 10.7. The monoisotopic (exact) mass is 259 g/mol. The van der Waals surface area contributed by atoms with E-state index in [9.17, 15) is 4.79 Å². The minimum atomic E-state index is -0.196. The van der Waals surface area contributed by atoms with Gasteiger partial charge >= 0.3 is 0 Å². The van der Waals surface area contributed by atoms with Crippen molar-refractivity contribution in [3.8, 4) is 0 Å². The summed E-state index contributed by atoms with van der Waals surface area (Å²) in [4.78, 5) is 10.6. The van der Waals surface area contributed by atoms with Gasteiger partial charge in [0, 0.05) is 17.4 Å². The Bertz CT molecular complexity index is 298. The first-order valence-corrected chi connectivity index (χ1v) is 7.09. The van der Waals surface area contributed by atoms with Gasteiger partial charge in [-0.3, -0.25) is 4.79 Å². The minimum Gasteiger partial charge on any atom is -0.370 e. The molecule has 90 valence electrons. The molecule has 0 aromatic rings. The van der Waals surface area contributed by atoms with Crippen molar-refractivity contribution in [2.45, 2.75) is 43.0 Å². The molecular weight excluding hydrogens is 242 g/mol.